The van der Waals surface area contributed by atoms with Crippen LogP contribution in [0.2, 0.25) is 0 Å². The van der Waals surface area contributed by atoms with E-state index in [1.54, 1.807) is 0 Å². The Morgan fingerprint density at radius 3 is 2.70 bits per heavy atom. The lowest BCUT2D eigenvalue weighted by molar-refractivity contribution is -0.307. The van der Waals surface area contributed by atoms with Crippen LogP contribution in [0.1, 0.15) is 18.8 Å². The Morgan fingerprint density at radius 2 is 2.00 bits per heavy atom. The molecule has 2 heterocycles. The van der Waals surface area contributed by atoms with E-state index in [9.17, 15) is 5.11 Å². The van der Waals surface area contributed by atoms with E-state index < -0.39 is 6.10 Å². The summed E-state index contributed by atoms with van der Waals surface area (Å²) >= 11 is 3.29. The molecule has 1 aromatic rings. The van der Waals surface area contributed by atoms with Crippen molar-refractivity contribution in [2.24, 2.45) is 5.92 Å². The van der Waals surface area contributed by atoms with Crippen LogP contribution in [0.3, 0.4) is 0 Å². The molecule has 1 N–H and O–H groups in total. The molecule has 6 heteroatoms. The molecule has 110 valence electrons. The van der Waals surface area contributed by atoms with Gasteiger partial charge < -0.3 is 19.3 Å². The number of hydrogen-bond acceptors (Lipinski definition) is 5. The van der Waals surface area contributed by atoms with E-state index in [4.69, 9.17) is 14.2 Å². The number of rotatable bonds is 2. The molecule has 20 heavy (non-hydrogen) atoms. The number of benzene rings is 1. The summed E-state index contributed by atoms with van der Waals surface area (Å²) < 4.78 is 17.6. The van der Waals surface area contributed by atoms with Gasteiger partial charge in [-0.15, -0.1) is 0 Å². The maximum Gasteiger partial charge on any atom is 0.184 e. The second kappa shape index (κ2) is 6.34. The van der Waals surface area contributed by atoms with Crippen molar-refractivity contribution in [3.8, 4) is 0 Å². The molecule has 0 amide bonds. The molecule has 0 aliphatic carbocycles. The fraction of sp³-hybridized carbons (Fsp3) is 0.571. The molecule has 4 nitrogen and oxygen atoms in total. The number of aliphatic hydroxyl groups is 1. The Kier molecular flexibility index (Phi) is 4.69. The molecule has 0 spiro atoms. The molecule has 1 aromatic carbocycles. The third kappa shape index (κ3) is 2.77. The van der Waals surface area contributed by atoms with Crippen LogP contribution in [0.5, 0.6) is 0 Å². The van der Waals surface area contributed by atoms with Gasteiger partial charge in [0.15, 0.2) is 6.29 Å². The van der Waals surface area contributed by atoms with Crippen molar-refractivity contribution in [3.63, 3.8) is 0 Å². The largest absolute Gasteiger partial charge is 0.389 e. The average molecular weight is 361 g/mol. The van der Waals surface area contributed by atoms with Crippen LogP contribution in [0.15, 0.2) is 30.3 Å². The summed E-state index contributed by atoms with van der Waals surface area (Å²) in [4.78, 5) is 0. The third-order valence-corrected chi connectivity index (χ3v) is 5.53. The lowest BCUT2D eigenvalue weighted by Crippen LogP contribution is -2.56. The molecule has 0 saturated carbocycles. The lowest BCUT2D eigenvalue weighted by atomic mass is 9.91. The van der Waals surface area contributed by atoms with Crippen molar-refractivity contribution in [2.45, 2.75) is 37.0 Å². The number of fused-ring (bicyclic) bond motifs is 1. The van der Waals surface area contributed by atoms with Crippen molar-refractivity contribution in [1.29, 1.82) is 0 Å². The van der Waals surface area contributed by atoms with Gasteiger partial charge in [-0.05, 0) is 25.0 Å². The van der Waals surface area contributed by atoms with Crippen LogP contribution in [0, 0.1) is 5.92 Å². The fourth-order valence-electron chi connectivity index (χ4n) is 2.68. The van der Waals surface area contributed by atoms with Gasteiger partial charge in [-0.1, -0.05) is 37.3 Å². The summed E-state index contributed by atoms with van der Waals surface area (Å²) in [5.41, 5.74) is 0.705. The highest BCUT2D eigenvalue weighted by Crippen LogP contribution is 2.40. The summed E-state index contributed by atoms with van der Waals surface area (Å²) in [7, 11) is 1.34. The Hall–Kier alpha value is -0.110. The van der Waals surface area contributed by atoms with Gasteiger partial charge in [-0.25, -0.2) is 0 Å². The van der Waals surface area contributed by atoms with Crippen molar-refractivity contribution < 1.29 is 19.3 Å². The Bertz CT molecular complexity index is 444. The zero-order chi connectivity index (χ0) is 14.1. The van der Waals surface area contributed by atoms with Crippen molar-refractivity contribution in [1.82, 2.24) is 0 Å². The van der Waals surface area contributed by atoms with Crippen LogP contribution in [-0.4, -0.2) is 35.5 Å². The van der Waals surface area contributed by atoms with Crippen LogP contribution < -0.4 is 0 Å². The zero-order valence-corrected chi connectivity index (χ0v) is 13.4. The minimum absolute atomic E-state index is 0.00101. The van der Waals surface area contributed by atoms with Crippen LogP contribution in [0.25, 0.3) is 0 Å². The first-order valence-electron chi connectivity index (χ1n) is 6.63. The first kappa shape index (κ1) is 14.8. The normalized spacial score (nSPS) is 41.1. The summed E-state index contributed by atoms with van der Waals surface area (Å²) in [6.45, 7) is 2.47. The molecule has 0 radical (unpaired) electrons. The Balaban J connectivity index is 1.74. The van der Waals surface area contributed by atoms with Crippen molar-refractivity contribution >= 4 is 25.0 Å². The van der Waals surface area contributed by atoms with Gasteiger partial charge in [-0.3, -0.25) is 0 Å². The first-order valence-corrected chi connectivity index (χ1v) is 9.36. The van der Waals surface area contributed by atoms with Gasteiger partial charge in [0.05, 0.1) is 18.8 Å². The maximum absolute atomic E-state index is 10.2. The average Bonchev–Trinajstić information content (AvgIpc) is 2.51. The second-order valence-electron chi connectivity index (χ2n) is 5.16. The first-order chi connectivity index (χ1) is 9.70. The van der Waals surface area contributed by atoms with E-state index in [1.807, 2.05) is 37.3 Å². The van der Waals surface area contributed by atoms with Gasteiger partial charge in [0.1, 0.15) is 11.5 Å². The van der Waals surface area contributed by atoms with Crippen molar-refractivity contribution in [3.05, 3.63) is 35.9 Å². The Morgan fingerprint density at radius 1 is 1.25 bits per heavy atom. The predicted molar refractivity (Wildman–Crippen MR) is 80.4 cm³/mol. The summed E-state index contributed by atoms with van der Waals surface area (Å²) in [5.74, 6) is -0.00101. The zero-order valence-electron chi connectivity index (χ0n) is 11.0. The standard InChI is InChI=1S/C14H17BrO4S/c1-8-11(16)14(20-15)18-10-7-17-13(19-12(8)10)9-5-3-2-4-6-9/h2-6,8,10-14,16H,7H2,1H3/t8?,10?,11?,12-,13?,14-/m1/s1. The Labute approximate surface area is 130 Å². The number of halogens is 1. The number of hydrogen-bond donors (Lipinski definition) is 1. The molecule has 2 aliphatic rings. The lowest BCUT2D eigenvalue weighted by Gasteiger charge is -2.46. The quantitative estimate of drug-likeness (QED) is 0.878. The van der Waals surface area contributed by atoms with Gasteiger partial charge in [-0.2, -0.15) is 0 Å². The third-order valence-electron chi connectivity index (χ3n) is 3.86. The van der Waals surface area contributed by atoms with Gasteiger partial charge in [0, 0.05) is 11.5 Å². The van der Waals surface area contributed by atoms with E-state index in [-0.39, 0.29) is 29.9 Å². The van der Waals surface area contributed by atoms with E-state index in [0.717, 1.165) is 5.56 Å². The van der Waals surface area contributed by atoms with Gasteiger partial charge in [0.25, 0.3) is 0 Å². The smallest absolute Gasteiger partial charge is 0.184 e. The highest BCUT2D eigenvalue weighted by atomic mass is 79.9. The minimum atomic E-state index is -0.560. The molecule has 4 unspecified atom stereocenters. The second-order valence-corrected chi connectivity index (χ2v) is 6.92. The van der Waals surface area contributed by atoms with Crippen molar-refractivity contribution in [2.75, 3.05) is 6.61 Å². The van der Waals surface area contributed by atoms with E-state index in [1.165, 1.54) is 10.2 Å². The molecular weight excluding hydrogens is 344 g/mol. The highest BCUT2D eigenvalue weighted by Gasteiger charge is 2.47. The van der Waals surface area contributed by atoms with Crippen LogP contribution in [0.4, 0.5) is 0 Å². The molecule has 0 bridgehead atoms. The number of ether oxygens (including phenoxy) is 3. The van der Waals surface area contributed by atoms with E-state index in [0.29, 0.717) is 6.61 Å². The summed E-state index contributed by atoms with van der Waals surface area (Å²) in [5, 5.41) is 10.2. The van der Waals surface area contributed by atoms with Gasteiger partial charge >= 0.3 is 0 Å². The molecule has 2 fully saturated rings. The summed E-state index contributed by atoms with van der Waals surface area (Å²) in [6, 6.07) is 9.84. The fourth-order valence-corrected chi connectivity index (χ4v) is 4.15. The monoisotopic (exact) mass is 360 g/mol. The molecule has 3 rings (SSSR count). The topological polar surface area (TPSA) is 47.9 Å². The summed E-state index contributed by atoms with van der Waals surface area (Å²) in [6.07, 6.45) is -1.23. The minimum Gasteiger partial charge on any atom is -0.389 e. The number of aliphatic hydroxyl groups excluding tert-OH is 1. The predicted octanol–water partition coefficient (Wildman–Crippen LogP) is 2.87. The molecule has 0 aromatic heterocycles. The van der Waals surface area contributed by atoms with Crippen LogP contribution in [-0.2, 0) is 14.2 Å². The maximum atomic E-state index is 10.2. The molecule has 2 aliphatic heterocycles. The SMILES string of the molecule is CC1C(O)[C@@H](SBr)OC2COC(c3ccccc3)O[C@@H]21. The van der Waals surface area contributed by atoms with Gasteiger partial charge in [0.2, 0.25) is 0 Å². The molecular formula is C14H17BrO4S. The highest BCUT2D eigenvalue weighted by molar-refractivity contribution is 9.50. The van der Waals surface area contributed by atoms with Crippen LogP contribution >= 0.6 is 25.0 Å². The van der Waals surface area contributed by atoms with E-state index in [2.05, 4.69) is 14.8 Å². The van der Waals surface area contributed by atoms with E-state index >= 15 is 0 Å². The molecule has 2 saturated heterocycles. The molecule has 6 atom stereocenters.